The Kier molecular flexibility index (Phi) is 9.53. The molecule has 6 aromatic heterocycles. The van der Waals surface area contributed by atoms with Gasteiger partial charge in [0.05, 0.1) is 12.4 Å². The topological polar surface area (TPSA) is 137 Å². The molecule has 0 unspecified atom stereocenters. The van der Waals surface area contributed by atoms with Crippen LogP contribution in [-0.2, 0) is 4.74 Å². The second-order valence-corrected chi connectivity index (χ2v) is 11.7. The van der Waals surface area contributed by atoms with Gasteiger partial charge in [-0.1, -0.05) is 11.6 Å². The van der Waals surface area contributed by atoms with Gasteiger partial charge in [0.15, 0.2) is 11.3 Å². The molecule has 0 aromatic carbocycles. The second-order valence-electron chi connectivity index (χ2n) is 11.3. The Bertz CT molecular complexity index is 1900. The van der Waals surface area contributed by atoms with E-state index in [1.165, 1.54) is 0 Å². The van der Waals surface area contributed by atoms with E-state index in [0.29, 0.717) is 18.2 Å². The molecule has 2 N–H and O–H groups in total. The molecule has 1 amide bonds. The first-order valence-electron chi connectivity index (χ1n) is 14.5. The van der Waals surface area contributed by atoms with Crippen molar-refractivity contribution in [1.82, 2.24) is 44.5 Å². The third kappa shape index (κ3) is 7.90. The molecule has 0 saturated heterocycles. The van der Waals surface area contributed by atoms with Crippen molar-refractivity contribution in [3.05, 3.63) is 90.1 Å². The number of nitrogens with one attached hydrogen (secondary N) is 2. The fourth-order valence-electron chi connectivity index (χ4n) is 4.53. The van der Waals surface area contributed by atoms with E-state index in [2.05, 4.69) is 40.8 Å². The molecule has 0 saturated carbocycles. The van der Waals surface area contributed by atoms with Crippen molar-refractivity contribution in [3.8, 4) is 22.3 Å². The summed E-state index contributed by atoms with van der Waals surface area (Å²) in [5.41, 5.74) is 6.81. The van der Waals surface area contributed by atoms with Gasteiger partial charge in [-0.2, -0.15) is 14.7 Å². The van der Waals surface area contributed by atoms with Gasteiger partial charge in [-0.15, -0.1) is 0 Å². The Hall–Kier alpha value is -5.10. The van der Waals surface area contributed by atoms with Crippen LogP contribution in [0.5, 0.6) is 0 Å². The summed E-state index contributed by atoms with van der Waals surface area (Å²) in [6, 6.07) is 11.5. The van der Waals surface area contributed by atoms with Gasteiger partial charge in [0.25, 0.3) is 0 Å². The quantitative estimate of drug-likeness (QED) is 0.157. The van der Waals surface area contributed by atoms with E-state index >= 15 is 0 Å². The van der Waals surface area contributed by atoms with Crippen molar-refractivity contribution in [2.75, 3.05) is 18.4 Å². The molecule has 6 aromatic rings. The molecular formula is C32H35ClN10O2. The number of hydrogen-bond donors (Lipinski definition) is 2. The van der Waals surface area contributed by atoms with Crippen LogP contribution in [0.4, 0.5) is 10.6 Å². The van der Waals surface area contributed by atoms with E-state index in [-0.39, 0.29) is 0 Å². The predicted octanol–water partition coefficient (Wildman–Crippen LogP) is 6.18. The minimum atomic E-state index is -0.491. The lowest BCUT2D eigenvalue weighted by atomic mass is 10.1. The molecule has 6 heterocycles. The van der Waals surface area contributed by atoms with Crippen molar-refractivity contribution < 1.29 is 9.53 Å². The lowest BCUT2D eigenvalue weighted by Crippen LogP contribution is -2.33. The van der Waals surface area contributed by atoms with Crippen LogP contribution in [0.1, 0.15) is 38.6 Å². The van der Waals surface area contributed by atoms with Gasteiger partial charge < -0.3 is 15.4 Å². The van der Waals surface area contributed by atoms with Crippen LogP contribution < -0.4 is 10.6 Å². The lowest BCUT2D eigenvalue weighted by molar-refractivity contribution is 0.0527. The standard InChI is InChI=1S/C20H26N6O2.C12H9ClN4/c1-14-12-17(22-8-5-9-23-19(27)28-20(2,3)4)26-18(25-14)16(13-24-26)15-6-10-21-11-7-15;1-8-6-11(13)17-12(16-8)10(7-15-17)9-2-4-14-5-3-9/h6-7,10-13,22H,5,8-9H2,1-4H3,(H,23,27);2-7H,1H3. The summed E-state index contributed by atoms with van der Waals surface area (Å²) in [5, 5.41) is 15.4. The molecule has 0 radical (unpaired) electrons. The van der Waals surface area contributed by atoms with E-state index < -0.39 is 11.7 Å². The van der Waals surface area contributed by atoms with Crippen molar-refractivity contribution in [3.63, 3.8) is 0 Å². The van der Waals surface area contributed by atoms with Gasteiger partial charge in [0.2, 0.25) is 0 Å². The number of nitrogens with zero attached hydrogens (tertiary/aromatic N) is 8. The molecule has 0 spiro atoms. The monoisotopic (exact) mass is 626 g/mol. The van der Waals surface area contributed by atoms with Crippen molar-refractivity contribution in [2.24, 2.45) is 0 Å². The molecule has 6 rings (SSSR count). The first-order valence-corrected chi connectivity index (χ1v) is 14.8. The van der Waals surface area contributed by atoms with Gasteiger partial charge in [-0.3, -0.25) is 9.97 Å². The number of aryl methyl sites for hydroxylation is 2. The zero-order valence-electron chi connectivity index (χ0n) is 25.8. The van der Waals surface area contributed by atoms with Gasteiger partial charge >= 0.3 is 6.09 Å². The van der Waals surface area contributed by atoms with E-state index in [4.69, 9.17) is 16.3 Å². The largest absolute Gasteiger partial charge is 0.444 e. The minimum absolute atomic E-state index is 0.399. The van der Waals surface area contributed by atoms with Crippen LogP contribution in [0.25, 0.3) is 33.5 Å². The summed E-state index contributed by atoms with van der Waals surface area (Å²) >= 11 is 6.11. The highest BCUT2D eigenvalue weighted by atomic mass is 35.5. The number of aromatic nitrogens is 8. The first kappa shape index (κ1) is 31.3. The summed E-state index contributed by atoms with van der Waals surface area (Å²) < 4.78 is 8.65. The summed E-state index contributed by atoms with van der Waals surface area (Å²) in [6.45, 7) is 10.6. The summed E-state index contributed by atoms with van der Waals surface area (Å²) in [6.07, 6.45) is 10.9. The summed E-state index contributed by atoms with van der Waals surface area (Å²) in [4.78, 5) is 28.8. The zero-order chi connectivity index (χ0) is 32.0. The van der Waals surface area contributed by atoms with Crippen LogP contribution in [-0.4, -0.2) is 63.9 Å². The third-order valence-electron chi connectivity index (χ3n) is 6.47. The summed E-state index contributed by atoms with van der Waals surface area (Å²) in [7, 11) is 0. The molecule has 0 fully saturated rings. The Morgan fingerprint density at radius 2 is 1.36 bits per heavy atom. The number of amides is 1. The molecule has 0 aliphatic carbocycles. The van der Waals surface area contributed by atoms with E-state index in [9.17, 15) is 4.79 Å². The molecule has 0 bridgehead atoms. The number of pyridine rings is 2. The number of carbonyl (C=O) groups excluding carboxylic acids is 1. The number of halogens is 1. The maximum atomic E-state index is 11.7. The van der Waals surface area contributed by atoms with Crippen molar-refractivity contribution >= 4 is 34.8 Å². The fourth-order valence-corrected chi connectivity index (χ4v) is 4.81. The molecule has 0 atom stereocenters. The van der Waals surface area contributed by atoms with Gasteiger partial charge in [-0.25, -0.2) is 19.3 Å². The first-order chi connectivity index (χ1) is 21.6. The second kappa shape index (κ2) is 13.7. The molecule has 0 aliphatic heterocycles. The predicted molar refractivity (Wildman–Crippen MR) is 174 cm³/mol. The van der Waals surface area contributed by atoms with Crippen molar-refractivity contribution in [1.29, 1.82) is 0 Å². The van der Waals surface area contributed by atoms with E-state index in [1.54, 1.807) is 46.1 Å². The molecule has 0 aliphatic rings. The number of ether oxygens (including phenoxy) is 1. The molecule has 45 heavy (non-hydrogen) atoms. The fraction of sp³-hybridized carbons (Fsp3) is 0.281. The normalized spacial score (nSPS) is 11.2. The van der Waals surface area contributed by atoms with Gasteiger partial charge in [0, 0.05) is 66.5 Å². The summed E-state index contributed by atoms with van der Waals surface area (Å²) in [5.74, 6) is 0.861. The maximum Gasteiger partial charge on any atom is 0.407 e. The molecule has 12 nitrogen and oxygen atoms in total. The number of anilines is 1. The minimum Gasteiger partial charge on any atom is -0.444 e. The number of hydrogen-bond acceptors (Lipinski definition) is 9. The molecular weight excluding hydrogens is 592 g/mol. The highest BCUT2D eigenvalue weighted by molar-refractivity contribution is 6.29. The SMILES string of the molecule is Cc1cc(Cl)n2ncc(-c3ccncc3)c2n1.Cc1cc(NCCCNC(=O)OC(C)(C)C)n2ncc(-c3ccncc3)c2n1. The van der Waals surface area contributed by atoms with Crippen LogP contribution in [0.3, 0.4) is 0 Å². The van der Waals surface area contributed by atoms with Crippen molar-refractivity contribution in [2.45, 2.75) is 46.6 Å². The Morgan fingerprint density at radius 1 is 0.822 bits per heavy atom. The average molecular weight is 627 g/mol. The zero-order valence-corrected chi connectivity index (χ0v) is 26.6. The average Bonchev–Trinajstić information content (AvgIpc) is 3.62. The van der Waals surface area contributed by atoms with Gasteiger partial charge in [-0.05, 0) is 82.5 Å². The highest BCUT2D eigenvalue weighted by Crippen LogP contribution is 2.26. The van der Waals surface area contributed by atoms with Gasteiger partial charge in [0.1, 0.15) is 16.6 Å². The lowest BCUT2D eigenvalue weighted by Gasteiger charge is -2.19. The Labute approximate surface area is 265 Å². The number of fused-ring (bicyclic) bond motifs is 2. The Balaban J connectivity index is 0.000000200. The van der Waals surface area contributed by atoms with E-state index in [0.717, 1.165) is 57.2 Å². The van der Waals surface area contributed by atoms with Crippen LogP contribution >= 0.6 is 11.6 Å². The number of alkyl carbamates (subject to hydrolysis) is 1. The van der Waals surface area contributed by atoms with E-state index in [1.807, 2.05) is 71.1 Å². The molecule has 13 heteroatoms. The smallest absolute Gasteiger partial charge is 0.407 e. The van der Waals surface area contributed by atoms with Crippen LogP contribution in [0.15, 0.2) is 73.6 Å². The molecule has 232 valence electrons. The number of rotatable bonds is 7. The number of carbonyl (C=O) groups is 1. The highest BCUT2D eigenvalue weighted by Gasteiger charge is 2.16. The van der Waals surface area contributed by atoms with Crippen LogP contribution in [0, 0.1) is 13.8 Å². The third-order valence-corrected chi connectivity index (χ3v) is 6.74. The maximum absolute atomic E-state index is 11.7. The van der Waals surface area contributed by atoms with Crippen LogP contribution in [0.2, 0.25) is 5.15 Å². The Morgan fingerprint density at radius 3 is 1.93 bits per heavy atom.